The van der Waals surface area contributed by atoms with E-state index in [4.69, 9.17) is 66.3 Å². The van der Waals surface area contributed by atoms with Crippen molar-refractivity contribution in [3.05, 3.63) is 179 Å². The van der Waals surface area contributed by atoms with Crippen LogP contribution in [0.25, 0.3) is 0 Å². The molecule has 3 heterocycles. The predicted molar refractivity (Wildman–Crippen MR) is 354 cm³/mol. The third kappa shape index (κ3) is 23.4. The highest BCUT2D eigenvalue weighted by molar-refractivity contribution is 5.76. The Labute approximate surface area is 565 Å². The van der Waals surface area contributed by atoms with Gasteiger partial charge in [0.05, 0.1) is 46.2 Å². The summed E-state index contributed by atoms with van der Waals surface area (Å²) in [6.07, 6.45) is -10.4. The summed E-state index contributed by atoms with van der Waals surface area (Å²) in [5.74, 6) is -2.99. The Bertz CT molecular complexity index is 3050. The molecule has 0 bridgehead atoms. The Balaban J connectivity index is 1.27. The number of unbranched alkanes of at least 4 members (excludes halogenated alkanes) is 5. The lowest BCUT2D eigenvalue weighted by molar-refractivity contribution is -0.376. The minimum absolute atomic E-state index is 0.00254. The van der Waals surface area contributed by atoms with Gasteiger partial charge in [-0.1, -0.05) is 218 Å². The summed E-state index contributed by atoms with van der Waals surface area (Å²) < 4.78 is 95.4. The first-order chi connectivity index (χ1) is 46.9. The van der Waals surface area contributed by atoms with E-state index >= 15 is 0 Å². The van der Waals surface area contributed by atoms with Gasteiger partial charge in [-0.3, -0.25) is 24.0 Å². The molecule has 15 atom stereocenters. The zero-order chi connectivity index (χ0) is 67.9. The molecule has 5 aromatic rings. The standard InChI is InChI=1S/C75H98N2O19/c1-7-12-13-14-15-31-42-85-75-72(71(89-47-56-40-29-20-30-41-56)66(87-45-54-36-25-18-26-37-54)57(92-75)48-83-43-52-32-21-16-22-33-52)96-73-64(77-60(79)8-2)69(88-46-55-38-27-19-28-39-55)67(58(90-73)49-84-44-53-34-23-17-24-35-53)95-74-65(76-51(6)78)70(94-63(82)11-5)68(93-62(81)10-4)59(91-74)50-86-61(80)9-3/h16-30,32-41,57-59,64-75H,7-15,31,42-50H2,1-6H3,(H,76,78)(H,77,79)/t57-,58-,59-,64-,65-,66-,67-,68+,69-,70-,71+,72+,73+,74+,75+/m1/s1. The summed E-state index contributed by atoms with van der Waals surface area (Å²) in [6.45, 7) is 10.2. The van der Waals surface area contributed by atoms with Crippen LogP contribution < -0.4 is 10.6 Å². The molecule has 0 radical (unpaired) electrons. The molecule has 21 heteroatoms. The lowest BCUT2D eigenvalue weighted by atomic mass is 9.93. The maximum absolute atomic E-state index is 14.5. The van der Waals surface area contributed by atoms with Crippen molar-refractivity contribution >= 4 is 29.7 Å². The molecular formula is C75H98N2O19. The number of nitrogens with one attached hydrogen (secondary N) is 2. The third-order valence-corrected chi connectivity index (χ3v) is 16.7. The van der Waals surface area contributed by atoms with Crippen molar-refractivity contribution < 1.29 is 90.3 Å². The first-order valence-corrected chi connectivity index (χ1v) is 34.1. The Hall–Kier alpha value is -6.99. The second-order valence-electron chi connectivity index (χ2n) is 24.1. The van der Waals surface area contributed by atoms with Crippen molar-refractivity contribution in [1.82, 2.24) is 10.6 Å². The van der Waals surface area contributed by atoms with E-state index in [9.17, 15) is 24.0 Å². The highest BCUT2D eigenvalue weighted by atomic mass is 16.8. The van der Waals surface area contributed by atoms with Gasteiger partial charge >= 0.3 is 17.9 Å². The van der Waals surface area contributed by atoms with Gasteiger partial charge in [0.25, 0.3) is 0 Å². The number of hydrogen-bond acceptors (Lipinski definition) is 19. The summed E-state index contributed by atoms with van der Waals surface area (Å²) in [4.78, 5) is 67.9. The van der Waals surface area contributed by atoms with Gasteiger partial charge in [0, 0.05) is 39.2 Å². The quantitative estimate of drug-likeness (QED) is 0.0211. The second kappa shape index (κ2) is 40.7. The van der Waals surface area contributed by atoms with Crippen molar-refractivity contribution in [2.24, 2.45) is 0 Å². The van der Waals surface area contributed by atoms with Crippen molar-refractivity contribution in [2.75, 3.05) is 26.4 Å². The van der Waals surface area contributed by atoms with E-state index in [1.807, 2.05) is 152 Å². The van der Waals surface area contributed by atoms with E-state index in [2.05, 4.69) is 17.6 Å². The maximum Gasteiger partial charge on any atom is 0.306 e. The molecule has 522 valence electrons. The number of hydrogen-bond donors (Lipinski definition) is 2. The molecular weight excluding hydrogens is 1230 g/mol. The average molecular weight is 1330 g/mol. The van der Waals surface area contributed by atoms with Crippen molar-refractivity contribution in [3.8, 4) is 0 Å². The summed E-state index contributed by atoms with van der Waals surface area (Å²) in [7, 11) is 0. The fourth-order valence-electron chi connectivity index (χ4n) is 11.6. The van der Waals surface area contributed by atoms with E-state index in [0.717, 1.165) is 59.9 Å². The molecule has 5 aromatic carbocycles. The first kappa shape index (κ1) is 74.8. The van der Waals surface area contributed by atoms with E-state index < -0.39 is 128 Å². The SMILES string of the molecule is CCCCCCCCO[C@H]1O[C@H](COCc2ccccc2)[C@@H](OCc2ccccc2)[C@H](OCc2ccccc2)[C@@H]1O[C@@H]1O[C@H](COCc2ccccc2)[C@@H](O[C@@H]2O[C@H](COC(=O)CC)[C@H](OC(=O)CC)[C@H](OC(=O)CC)[C@H]2NC(C)=O)[C@H](OCc2ccccc2)[C@H]1NC(=O)CC. The first-order valence-electron chi connectivity index (χ1n) is 34.1. The number of rotatable bonds is 39. The number of carbonyl (C=O) groups is 5. The molecule has 0 unspecified atom stereocenters. The molecule has 3 aliphatic heterocycles. The zero-order valence-electron chi connectivity index (χ0n) is 56.3. The molecule has 96 heavy (non-hydrogen) atoms. The van der Waals surface area contributed by atoms with Crippen molar-refractivity contribution in [2.45, 2.75) is 231 Å². The van der Waals surface area contributed by atoms with Gasteiger partial charge in [-0.15, -0.1) is 0 Å². The van der Waals surface area contributed by atoms with Crippen LogP contribution in [0.1, 0.15) is 134 Å². The number of carbonyl (C=O) groups excluding carboxylic acids is 5. The topological polar surface area (TPSA) is 239 Å². The Kier molecular flexibility index (Phi) is 31.7. The average Bonchev–Trinajstić information content (AvgIpc) is 0.766. The minimum atomic E-state index is -1.62. The lowest BCUT2D eigenvalue weighted by Gasteiger charge is -2.52. The van der Waals surface area contributed by atoms with Gasteiger partial charge in [-0.05, 0) is 34.2 Å². The van der Waals surface area contributed by atoms with E-state index in [1.165, 1.54) is 6.92 Å². The van der Waals surface area contributed by atoms with Gasteiger partial charge in [-0.2, -0.15) is 0 Å². The molecule has 21 nitrogen and oxygen atoms in total. The van der Waals surface area contributed by atoms with E-state index in [1.54, 1.807) is 27.7 Å². The molecule has 0 saturated carbocycles. The largest absolute Gasteiger partial charge is 0.463 e. The molecule has 2 amide bonds. The van der Waals surface area contributed by atoms with Crippen molar-refractivity contribution in [1.29, 1.82) is 0 Å². The van der Waals surface area contributed by atoms with Crippen LogP contribution in [0.2, 0.25) is 0 Å². The zero-order valence-corrected chi connectivity index (χ0v) is 56.3. The van der Waals surface area contributed by atoms with Gasteiger partial charge in [0.15, 0.2) is 31.1 Å². The van der Waals surface area contributed by atoms with Crippen LogP contribution in [-0.4, -0.2) is 148 Å². The normalized spacial score (nSPS) is 25.7. The highest BCUT2D eigenvalue weighted by Crippen LogP contribution is 2.38. The summed E-state index contributed by atoms with van der Waals surface area (Å²) in [6, 6.07) is 45.7. The maximum atomic E-state index is 14.5. The van der Waals surface area contributed by atoms with Gasteiger partial charge < -0.3 is 76.9 Å². The fourth-order valence-corrected chi connectivity index (χ4v) is 11.6. The Morgan fingerprint density at radius 1 is 0.375 bits per heavy atom. The van der Waals surface area contributed by atoms with Crippen LogP contribution in [-0.2, 0) is 123 Å². The van der Waals surface area contributed by atoms with Gasteiger partial charge in [0.2, 0.25) is 11.8 Å². The van der Waals surface area contributed by atoms with Crippen LogP contribution >= 0.6 is 0 Å². The lowest BCUT2D eigenvalue weighted by Crippen LogP contribution is -2.71. The molecule has 8 rings (SSSR count). The van der Waals surface area contributed by atoms with E-state index in [-0.39, 0.29) is 78.5 Å². The van der Waals surface area contributed by atoms with Crippen LogP contribution in [0, 0.1) is 0 Å². The van der Waals surface area contributed by atoms with Gasteiger partial charge in [-0.25, -0.2) is 0 Å². The van der Waals surface area contributed by atoms with Crippen LogP contribution in [0.5, 0.6) is 0 Å². The fraction of sp³-hybridized carbons (Fsp3) is 0.533. The molecule has 0 aromatic heterocycles. The molecule has 0 spiro atoms. The molecule has 3 aliphatic rings. The van der Waals surface area contributed by atoms with Crippen LogP contribution in [0.3, 0.4) is 0 Å². The number of esters is 3. The third-order valence-electron chi connectivity index (χ3n) is 16.7. The second-order valence-corrected chi connectivity index (χ2v) is 24.1. The number of ether oxygens (including phenoxy) is 14. The molecule has 0 aliphatic carbocycles. The predicted octanol–water partition coefficient (Wildman–Crippen LogP) is 10.5. The number of amides is 2. The van der Waals surface area contributed by atoms with Crippen LogP contribution in [0.15, 0.2) is 152 Å². The molecule has 3 fully saturated rings. The highest BCUT2D eigenvalue weighted by Gasteiger charge is 2.58. The summed E-state index contributed by atoms with van der Waals surface area (Å²) in [5, 5.41) is 6.07. The Morgan fingerprint density at radius 3 is 1.26 bits per heavy atom. The van der Waals surface area contributed by atoms with Gasteiger partial charge in [0.1, 0.15) is 67.5 Å². The minimum Gasteiger partial charge on any atom is -0.463 e. The summed E-state index contributed by atoms with van der Waals surface area (Å²) in [5.41, 5.74) is 4.32. The summed E-state index contributed by atoms with van der Waals surface area (Å²) >= 11 is 0. The molecule has 3 saturated heterocycles. The van der Waals surface area contributed by atoms with Crippen LogP contribution in [0.4, 0.5) is 0 Å². The number of benzene rings is 5. The Morgan fingerprint density at radius 2 is 0.781 bits per heavy atom. The monoisotopic (exact) mass is 1330 g/mol. The van der Waals surface area contributed by atoms with E-state index in [0.29, 0.717) is 6.42 Å². The van der Waals surface area contributed by atoms with Crippen molar-refractivity contribution in [3.63, 3.8) is 0 Å². The smallest absolute Gasteiger partial charge is 0.306 e. The molecule has 2 N–H and O–H groups in total.